The van der Waals surface area contributed by atoms with Crippen LogP contribution in [0.4, 0.5) is 0 Å². The van der Waals surface area contributed by atoms with Crippen molar-refractivity contribution in [2.45, 2.75) is 46.6 Å². The van der Waals surface area contributed by atoms with E-state index in [1.807, 2.05) is 0 Å². The van der Waals surface area contributed by atoms with Gasteiger partial charge in [0.05, 0.1) is 0 Å². The maximum Gasteiger partial charge on any atom is 0.281 e. The molecule has 0 amide bonds. The summed E-state index contributed by atoms with van der Waals surface area (Å²) in [7, 11) is 0.00626. The van der Waals surface area contributed by atoms with Crippen molar-refractivity contribution in [3.05, 3.63) is 0 Å². The number of hydrogen-bond donors (Lipinski definition) is 1. The molecule has 0 aliphatic carbocycles. The van der Waals surface area contributed by atoms with Gasteiger partial charge in [0, 0.05) is 33.2 Å². The van der Waals surface area contributed by atoms with Gasteiger partial charge in [0.1, 0.15) is 0 Å². The molecule has 5 nitrogen and oxygen atoms in total. The van der Waals surface area contributed by atoms with Crippen LogP contribution in [0.1, 0.15) is 40.5 Å². The Bertz CT molecular complexity index is 329. The molecule has 6 heteroatoms. The Morgan fingerprint density at radius 2 is 1.53 bits per heavy atom. The van der Waals surface area contributed by atoms with E-state index in [0.717, 1.165) is 19.4 Å². The third-order valence-electron chi connectivity index (χ3n) is 3.01. The van der Waals surface area contributed by atoms with E-state index < -0.39 is 10.2 Å². The second-order valence-electron chi connectivity index (χ2n) is 5.80. The number of rotatable bonds is 10. The topological polar surface area (TPSA) is 52.7 Å². The summed E-state index contributed by atoms with van der Waals surface area (Å²) in [5.74, 6) is 0.512. The molecule has 0 aromatic carbocycles. The maximum absolute atomic E-state index is 12.2. The van der Waals surface area contributed by atoms with Gasteiger partial charge in [-0.25, -0.2) is 0 Å². The third-order valence-corrected chi connectivity index (χ3v) is 4.95. The predicted octanol–water partition coefficient (Wildman–Crippen LogP) is 1.53. The molecule has 0 saturated carbocycles. The summed E-state index contributed by atoms with van der Waals surface area (Å²) in [6, 6.07) is 0.440. The minimum Gasteiger partial charge on any atom is -0.314 e. The zero-order valence-corrected chi connectivity index (χ0v) is 14.1. The van der Waals surface area contributed by atoms with E-state index in [1.54, 1.807) is 14.1 Å². The molecule has 0 radical (unpaired) electrons. The molecular weight excluding hydrogens is 262 g/mol. The highest BCUT2D eigenvalue weighted by Gasteiger charge is 2.22. The highest BCUT2D eigenvalue weighted by molar-refractivity contribution is 7.86. The van der Waals surface area contributed by atoms with Gasteiger partial charge in [0.15, 0.2) is 0 Å². The van der Waals surface area contributed by atoms with Crippen LogP contribution in [0.15, 0.2) is 0 Å². The molecule has 0 heterocycles. The summed E-state index contributed by atoms with van der Waals surface area (Å²) < 4.78 is 27.3. The van der Waals surface area contributed by atoms with Gasteiger partial charge >= 0.3 is 0 Å². The van der Waals surface area contributed by atoms with Crippen LogP contribution in [0.25, 0.3) is 0 Å². The van der Waals surface area contributed by atoms with Crippen LogP contribution in [0.5, 0.6) is 0 Å². The third kappa shape index (κ3) is 7.87. The monoisotopic (exact) mass is 293 g/mol. The Labute approximate surface area is 119 Å². The number of nitrogens with one attached hydrogen (secondary N) is 1. The smallest absolute Gasteiger partial charge is 0.281 e. The fourth-order valence-electron chi connectivity index (χ4n) is 1.60. The molecule has 0 aromatic heterocycles. The summed E-state index contributed by atoms with van der Waals surface area (Å²) >= 11 is 0. The molecule has 0 aliphatic rings. The lowest BCUT2D eigenvalue weighted by molar-refractivity contribution is 0.370. The van der Waals surface area contributed by atoms with Gasteiger partial charge in [0.2, 0.25) is 0 Å². The first-order chi connectivity index (χ1) is 8.67. The minimum atomic E-state index is -3.30. The van der Waals surface area contributed by atoms with Gasteiger partial charge in [0.25, 0.3) is 10.2 Å². The molecule has 0 atom stereocenters. The van der Waals surface area contributed by atoms with E-state index >= 15 is 0 Å². The zero-order valence-electron chi connectivity index (χ0n) is 13.3. The van der Waals surface area contributed by atoms with Crippen molar-refractivity contribution in [1.29, 1.82) is 0 Å². The van der Waals surface area contributed by atoms with E-state index in [-0.39, 0.29) is 0 Å². The molecule has 19 heavy (non-hydrogen) atoms. The number of hydrogen-bond acceptors (Lipinski definition) is 3. The molecule has 0 unspecified atom stereocenters. The van der Waals surface area contributed by atoms with Crippen molar-refractivity contribution >= 4 is 10.2 Å². The van der Waals surface area contributed by atoms with Crippen LogP contribution >= 0.6 is 0 Å². The largest absolute Gasteiger partial charge is 0.314 e. The molecule has 116 valence electrons. The standard InChI is InChI=1S/C13H31N3O2S/c1-12(2)8-11-16(6)19(17,18)15(5)10-7-9-14-13(3)4/h12-14H,7-11H2,1-6H3. The summed E-state index contributed by atoms with van der Waals surface area (Å²) in [5.41, 5.74) is 0. The molecule has 0 rings (SSSR count). The van der Waals surface area contributed by atoms with Crippen LogP contribution < -0.4 is 5.32 Å². The molecule has 1 N–H and O–H groups in total. The van der Waals surface area contributed by atoms with Crippen molar-refractivity contribution in [2.24, 2.45) is 5.92 Å². The molecule has 0 saturated heterocycles. The van der Waals surface area contributed by atoms with Gasteiger partial charge in [-0.2, -0.15) is 17.0 Å². The SMILES string of the molecule is CC(C)CCN(C)S(=O)(=O)N(C)CCCNC(C)C. The molecule has 0 aliphatic heterocycles. The van der Waals surface area contributed by atoms with Gasteiger partial charge < -0.3 is 5.32 Å². The Morgan fingerprint density at radius 3 is 2.00 bits per heavy atom. The second kappa shape index (κ2) is 8.89. The van der Waals surface area contributed by atoms with Crippen LogP contribution in [0.3, 0.4) is 0 Å². The average Bonchev–Trinajstić information content (AvgIpc) is 2.30. The molecule has 0 fully saturated rings. The van der Waals surface area contributed by atoms with Crippen molar-refractivity contribution in [2.75, 3.05) is 33.7 Å². The Balaban J connectivity index is 4.16. The van der Waals surface area contributed by atoms with E-state index in [9.17, 15) is 8.42 Å². The lowest BCUT2D eigenvalue weighted by Crippen LogP contribution is -2.41. The number of nitrogens with zero attached hydrogens (tertiary/aromatic N) is 2. The van der Waals surface area contributed by atoms with Crippen LogP contribution in [0.2, 0.25) is 0 Å². The van der Waals surface area contributed by atoms with Crippen molar-refractivity contribution < 1.29 is 8.42 Å². The van der Waals surface area contributed by atoms with E-state index in [0.29, 0.717) is 25.0 Å². The summed E-state index contributed by atoms with van der Waals surface area (Å²) in [4.78, 5) is 0. The lowest BCUT2D eigenvalue weighted by atomic mass is 10.1. The summed E-state index contributed by atoms with van der Waals surface area (Å²) in [5, 5.41) is 3.29. The van der Waals surface area contributed by atoms with Crippen LogP contribution in [-0.2, 0) is 10.2 Å². The Hall–Kier alpha value is -0.170. The minimum absolute atomic E-state index is 0.440. The first-order valence-electron chi connectivity index (χ1n) is 7.09. The zero-order chi connectivity index (χ0) is 15.1. The summed E-state index contributed by atoms with van der Waals surface area (Å²) in [6.45, 7) is 10.3. The van der Waals surface area contributed by atoms with Gasteiger partial charge in [-0.3, -0.25) is 0 Å². The van der Waals surface area contributed by atoms with Crippen molar-refractivity contribution in [3.63, 3.8) is 0 Å². The average molecular weight is 293 g/mol. The molecule has 0 spiro atoms. The Morgan fingerprint density at radius 1 is 1.00 bits per heavy atom. The van der Waals surface area contributed by atoms with Crippen LogP contribution in [-0.4, -0.2) is 56.8 Å². The molecule has 0 bridgehead atoms. The van der Waals surface area contributed by atoms with Gasteiger partial charge in [-0.05, 0) is 25.3 Å². The second-order valence-corrected chi connectivity index (χ2v) is 7.94. The van der Waals surface area contributed by atoms with Crippen molar-refractivity contribution in [3.8, 4) is 0 Å². The normalized spacial score (nSPS) is 13.2. The van der Waals surface area contributed by atoms with Gasteiger partial charge in [-0.15, -0.1) is 0 Å². The van der Waals surface area contributed by atoms with Crippen molar-refractivity contribution in [1.82, 2.24) is 13.9 Å². The van der Waals surface area contributed by atoms with Crippen LogP contribution in [0, 0.1) is 5.92 Å². The first kappa shape index (κ1) is 18.8. The highest BCUT2D eigenvalue weighted by atomic mass is 32.2. The fourth-order valence-corrected chi connectivity index (χ4v) is 2.77. The van der Waals surface area contributed by atoms with Gasteiger partial charge in [-0.1, -0.05) is 27.7 Å². The van der Waals surface area contributed by atoms with E-state index in [1.165, 1.54) is 8.61 Å². The predicted molar refractivity (Wildman–Crippen MR) is 81.4 cm³/mol. The first-order valence-corrected chi connectivity index (χ1v) is 8.48. The van der Waals surface area contributed by atoms with E-state index in [2.05, 4.69) is 33.0 Å². The summed E-state index contributed by atoms with van der Waals surface area (Å²) in [6.07, 6.45) is 1.71. The molecular formula is C13H31N3O2S. The lowest BCUT2D eigenvalue weighted by Gasteiger charge is -2.25. The Kier molecular flexibility index (Phi) is 8.81. The highest BCUT2D eigenvalue weighted by Crippen LogP contribution is 2.08. The van der Waals surface area contributed by atoms with E-state index in [4.69, 9.17) is 0 Å². The molecule has 0 aromatic rings. The fraction of sp³-hybridized carbons (Fsp3) is 1.00. The quantitative estimate of drug-likeness (QED) is 0.622. The maximum atomic E-state index is 12.2.